The Bertz CT molecular complexity index is 390. The predicted molar refractivity (Wildman–Crippen MR) is 107 cm³/mol. The molecule has 0 atom stereocenters. The molecule has 25 heavy (non-hydrogen) atoms. The smallest absolute Gasteiger partial charge is 0.238 e. The Balaban J connectivity index is 2.34. The standard InChI is InChI=1S/C20H36N2O2S/c1-3-5-7-9-11-13-15-21-18(23)17-19(24)22(20(21)25)16-14-12-10-8-6-4-2/h3-17H2,1-2H3. The van der Waals surface area contributed by atoms with Crippen LogP contribution in [0, 0.1) is 0 Å². The van der Waals surface area contributed by atoms with Gasteiger partial charge in [-0.3, -0.25) is 19.4 Å². The SMILES string of the molecule is CCCCCCCCN1C(=O)CC(=O)N(CCCCCCCC)C1=S. The van der Waals surface area contributed by atoms with E-state index >= 15 is 0 Å². The van der Waals surface area contributed by atoms with E-state index in [0.717, 1.165) is 25.7 Å². The number of unbranched alkanes of at least 4 members (excludes halogenated alkanes) is 10. The van der Waals surface area contributed by atoms with Crippen LogP contribution in [0.1, 0.15) is 97.3 Å². The van der Waals surface area contributed by atoms with Crippen LogP contribution in [0.15, 0.2) is 0 Å². The highest BCUT2D eigenvalue weighted by Crippen LogP contribution is 2.16. The first-order chi connectivity index (χ1) is 12.1. The molecule has 2 amide bonds. The van der Waals surface area contributed by atoms with Gasteiger partial charge in [0.2, 0.25) is 11.8 Å². The number of thiocarbonyl (C=S) groups is 1. The molecule has 0 N–H and O–H groups in total. The molecule has 0 bridgehead atoms. The summed E-state index contributed by atoms with van der Waals surface area (Å²) in [7, 11) is 0. The van der Waals surface area contributed by atoms with Gasteiger partial charge in [-0.15, -0.1) is 0 Å². The zero-order valence-corrected chi connectivity index (χ0v) is 17.0. The quantitative estimate of drug-likeness (QED) is 0.245. The topological polar surface area (TPSA) is 40.6 Å². The minimum Gasteiger partial charge on any atom is -0.288 e. The summed E-state index contributed by atoms with van der Waals surface area (Å²) in [6, 6.07) is 0. The number of amides is 2. The maximum atomic E-state index is 12.2. The van der Waals surface area contributed by atoms with Gasteiger partial charge >= 0.3 is 0 Å². The van der Waals surface area contributed by atoms with Crippen LogP contribution in [0.3, 0.4) is 0 Å². The van der Waals surface area contributed by atoms with Gasteiger partial charge in [0.15, 0.2) is 5.11 Å². The van der Waals surface area contributed by atoms with Crippen LogP contribution < -0.4 is 0 Å². The van der Waals surface area contributed by atoms with E-state index in [1.165, 1.54) is 51.4 Å². The van der Waals surface area contributed by atoms with Gasteiger partial charge in [0.1, 0.15) is 6.42 Å². The van der Waals surface area contributed by atoms with E-state index < -0.39 is 0 Å². The van der Waals surface area contributed by atoms with E-state index in [-0.39, 0.29) is 18.2 Å². The van der Waals surface area contributed by atoms with Gasteiger partial charge in [-0.25, -0.2) is 0 Å². The van der Waals surface area contributed by atoms with Gasteiger partial charge in [0.05, 0.1) is 0 Å². The van der Waals surface area contributed by atoms with Gasteiger partial charge in [-0.2, -0.15) is 0 Å². The Hall–Kier alpha value is -0.970. The first kappa shape index (κ1) is 22.1. The minimum atomic E-state index is -0.122. The summed E-state index contributed by atoms with van der Waals surface area (Å²) < 4.78 is 0. The van der Waals surface area contributed by atoms with E-state index in [4.69, 9.17) is 12.2 Å². The summed E-state index contributed by atoms with van der Waals surface area (Å²) in [6.45, 7) is 5.73. The summed E-state index contributed by atoms with van der Waals surface area (Å²) in [6.07, 6.45) is 14.1. The lowest BCUT2D eigenvalue weighted by molar-refractivity contribution is -0.140. The molecule has 0 spiro atoms. The Labute approximate surface area is 159 Å². The van der Waals surface area contributed by atoms with Crippen molar-refractivity contribution in [2.24, 2.45) is 0 Å². The zero-order chi connectivity index (χ0) is 18.5. The average molecular weight is 369 g/mol. The molecule has 144 valence electrons. The van der Waals surface area contributed by atoms with Crippen LogP contribution in [0.25, 0.3) is 0 Å². The molecule has 5 heteroatoms. The zero-order valence-electron chi connectivity index (χ0n) is 16.2. The number of rotatable bonds is 14. The van der Waals surface area contributed by atoms with Crippen LogP contribution >= 0.6 is 12.2 Å². The Kier molecular flexibility index (Phi) is 11.7. The number of carbonyl (C=O) groups is 2. The van der Waals surface area contributed by atoms with Crippen molar-refractivity contribution in [3.05, 3.63) is 0 Å². The van der Waals surface area contributed by atoms with Crippen molar-refractivity contribution < 1.29 is 9.59 Å². The fraction of sp³-hybridized carbons (Fsp3) is 0.850. The number of nitrogens with zero attached hydrogens (tertiary/aromatic N) is 2. The van der Waals surface area contributed by atoms with E-state index in [1.54, 1.807) is 9.80 Å². The van der Waals surface area contributed by atoms with Gasteiger partial charge in [0, 0.05) is 13.1 Å². The largest absolute Gasteiger partial charge is 0.288 e. The second-order valence-electron chi connectivity index (χ2n) is 7.09. The van der Waals surface area contributed by atoms with Crippen LogP contribution in [-0.2, 0) is 9.59 Å². The number of carbonyl (C=O) groups excluding carboxylic acids is 2. The first-order valence-electron chi connectivity index (χ1n) is 10.3. The molecule has 1 aliphatic rings. The van der Waals surface area contributed by atoms with Gasteiger partial charge in [0.25, 0.3) is 0 Å². The fourth-order valence-electron chi connectivity index (χ4n) is 3.22. The molecule has 1 saturated heterocycles. The number of hydrogen-bond acceptors (Lipinski definition) is 3. The molecular weight excluding hydrogens is 332 g/mol. The van der Waals surface area contributed by atoms with Gasteiger partial charge < -0.3 is 0 Å². The average Bonchev–Trinajstić information content (AvgIpc) is 2.58. The summed E-state index contributed by atoms with van der Waals surface area (Å²) in [5.41, 5.74) is 0. The second-order valence-corrected chi connectivity index (χ2v) is 7.45. The highest BCUT2D eigenvalue weighted by Gasteiger charge is 2.33. The molecule has 1 aliphatic heterocycles. The lowest BCUT2D eigenvalue weighted by atomic mass is 10.1. The fourth-order valence-corrected chi connectivity index (χ4v) is 3.61. The van der Waals surface area contributed by atoms with Crippen LogP contribution in [0.4, 0.5) is 0 Å². The van der Waals surface area contributed by atoms with Crippen LogP contribution in [0.2, 0.25) is 0 Å². The van der Waals surface area contributed by atoms with E-state index in [1.807, 2.05) is 0 Å². The van der Waals surface area contributed by atoms with E-state index in [2.05, 4.69) is 13.8 Å². The molecule has 0 unspecified atom stereocenters. The predicted octanol–water partition coefficient (Wildman–Crippen LogP) is 5.05. The molecule has 0 radical (unpaired) electrons. The third kappa shape index (κ3) is 8.30. The molecule has 0 aromatic heterocycles. The molecule has 1 heterocycles. The van der Waals surface area contributed by atoms with Crippen molar-refractivity contribution in [3.63, 3.8) is 0 Å². The highest BCUT2D eigenvalue weighted by molar-refractivity contribution is 7.80. The Morgan fingerprint density at radius 3 is 1.44 bits per heavy atom. The summed E-state index contributed by atoms with van der Waals surface area (Å²) in [5.74, 6) is -0.245. The third-order valence-electron chi connectivity index (χ3n) is 4.84. The molecule has 0 aromatic rings. The summed E-state index contributed by atoms with van der Waals surface area (Å²) in [4.78, 5) is 27.7. The summed E-state index contributed by atoms with van der Waals surface area (Å²) in [5, 5.41) is 0.434. The molecule has 0 aromatic carbocycles. The van der Waals surface area contributed by atoms with Crippen LogP contribution in [-0.4, -0.2) is 39.8 Å². The Morgan fingerprint density at radius 1 is 0.680 bits per heavy atom. The van der Waals surface area contributed by atoms with E-state index in [9.17, 15) is 9.59 Å². The lowest BCUT2D eigenvalue weighted by Gasteiger charge is -2.35. The minimum absolute atomic E-state index is 0.0220. The van der Waals surface area contributed by atoms with Crippen molar-refractivity contribution >= 4 is 29.1 Å². The van der Waals surface area contributed by atoms with Crippen molar-refractivity contribution in [1.29, 1.82) is 0 Å². The van der Waals surface area contributed by atoms with Crippen molar-refractivity contribution in [2.45, 2.75) is 97.3 Å². The molecule has 0 aliphatic carbocycles. The summed E-state index contributed by atoms with van der Waals surface area (Å²) >= 11 is 5.45. The third-order valence-corrected chi connectivity index (χ3v) is 5.28. The second kappa shape index (κ2) is 13.3. The first-order valence-corrected chi connectivity index (χ1v) is 10.7. The Morgan fingerprint density at radius 2 is 1.04 bits per heavy atom. The monoisotopic (exact) mass is 368 g/mol. The maximum absolute atomic E-state index is 12.2. The van der Waals surface area contributed by atoms with Crippen molar-refractivity contribution in [3.8, 4) is 0 Å². The van der Waals surface area contributed by atoms with Crippen LogP contribution in [0.5, 0.6) is 0 Å². The lowest BCUT2D eigenvalue weighted by Crippen LogP contribution is -2.55. The van der Waals surface area contributed by atoms with Crippen molar-refractivity contribution in [2.75, 3.05) is 13.1 Å². The van der Waals surface area contributed by atoms with E-state index in [0.29, 0.717) is 18.2 Å². The molecule has 0 saturated carbocycles. The van der Waals surface area contributed by atoms with Gasteiger partial charge in [-0.1, -0.05) is 78.1 Å². The van der Waals surface area contributed by atoms with Gasteiger partial charge in [-0.05, 0) is 25.1 Å². The molecule has 1 rings (SSSR count). The number of hydrogen-bond donors (Lipinski definition) is 0. The maximum Gasteiger partial charge on any atom is 0.238 e. The highest BCUT2D eigenvalue weighted by atomic mass is 32.1. The molecule has 1 fully saturated rings. The molecular formula is C20H36N2O2S. The van der Waals surface area contributed by atoms with Crippen molar-refractivity contribution in [1.82, 2.24) is 9.80 Å². The molecule has 4 nitrogen and oxygen atoms in total. The normalized spacial score (nSPS) is 15.4.